The molecule has 6 heteroatoms. The lowest BCUT2D eigenvalue weighted by atomic mass is 10.2. The number of benzene rings is 2. The summed E-state index contributed by atoms with van der Waals surface area (Å²) in [4.78, 5) is 16.9. The summed E-state index contributed by atoms with van der Waals surface area (Å²) < 4.78 is 0. The predicted molar refractivity (Wildman–Crippen MR) is 94.9 cm³/mol. The molecule has 3 rings (SSSR count). The van der Waals surface area contributed by atoms with Crippen molar-refractivity contribution in [2.24, 2.45) is 10.1 Å². The molecule has 1 atom stereocenters. The van der Waals surface area contributed by atoms with Crippen LogP contribution in [0.25, 0.3) is 0 Å². The maximum Gasteiger partial charge on any atom is 0.278 e. The van der Waals surface area contributed by atoms with Crippen molar-refractivity contribution in [3.05, 3.63) is 64.1 Å². The third kappa shape index (κ3) is 3.14. The molecule has 0 spiro atoms. The number of anilines is 1. The molecule has 1 heterocycles. The summed E-state index contributed by atoms with van der Waals surface area (Å²) in [7, 11) is 0. The zero-order valence-electron chi connectivity index (χ0n) is 12.3. The van der Waals surface area contributed by atoms with Crippen LogP contribution in [0.2, 0.25) is 10.0 Å². The molecule has 0 bridgehead atoms. The quantitative estimate of drug-likeness (QED) is 0.768. The van der Waals surface area contributed by atoms with Crippen molar-refractivity contribution in [2.75, 3.05) is 5.01 Å². The van der Waals surface area contributed by atoms with Gasteiger partial charge in [0.1, 0.15) is 0 Å². The van der Waals surface area contributed by atoms with Gasteiger partial charge in [0.25, 0.3) is 5.91 Å². The molecule has 1 aliphatic rings. The van der Waals surface area contributed by atoms with Gasteiger partial charge in [-0.1, -0.05) is 47.5 Å². The number of rotatable bonds is 3. The SMILES string of the molecule is CC1=NN(c2ccccc2)C(=O)[C@@H]1N=Cc1c(Cl)cccc1Cl. The molecule has 0 N–H and O–H groups in total. The topological polar surface area (TPSA) is 45.0 Å². The third-order valence-electron chi connectivity index (χ3n) is 3.45. The Labute approximate surface area is 144 Å². The van der Waals surface area contributed by atoms with Gasteiger partial charge in [-0.2, -0.15) is 10.1 Å². The van der Waals surface area contributed by atoms with Crippen LogP contribution in [0.1, 0.15) is 12.5 Å². The molecule has 2 aromatic carbocycles. The van der Waals surface area contributed by atoms with Crippen LogP contribution in [0.4, 0.5) is 5.69 Å². The number of halogens is 2. The second-order valence-electron chi connectivity index (χ2n) is 5.04. The van der Waals surface area contributed by atoms with Crippen LogP contribution in [-0.4, -0.2) is 23.9 Å². The Morgan fingerprint density at radius 1 is 1.09 bits per heavy atom. The normalized spacial score (nSPS) is 17.9. The average molecular weight is 346 g/mol. The van der Waals surface area contributed by atoms with Crippen LogP contribution in [0.5, 0.6) is 0 Å². The van der Waals surface area contributed by atoms with Gasteiger partial charge < -0.3 is 0 Å². The molecule has 0 fully saturated rings. The van der Waals surface area contributed by atoms with Gasteiger partial charge in [-0.15, -0.1) is 0 Å². The lowest BCUT2D eigenvalue weighted by molar-refractivity contribution is -0.117. The van der Waals surface area contributed by atoms with E-state index in [1.165, 1.54) is 11.2 Å². The molecule has 4 nitrogen and oxygen atoms in total. The third-order valence-corrected chi connectivity index (χ3v) is 4.11. The molecule has 23 heavy (non-hydrogen) atoms. The van der Waals surface area contributed by atoms with Crippen molar-refractivity contribution in [1.82, 2.24) is 0 Å². The maximum absolute atomic E-state index is 12.5. The van der Waals surface area contributed by atoms with Crippen LogP contribution < -0.4 is 5.01 Å². The number of carbonyl (C=O) groups is 1. The fourth-order valence-corrected chi connectivity index (χ4v) is 2.76. The zero-order chi connectivity index (χ0) is 16.4. The summed E-state index contributed by atoms with van der Waals surface area (Å²) in [5.74, 6) is -0.201. The standard InChI is InChI=1S/C17H13Cl2N3O/c1-11-16(20-10-13-14(18)8-5-9-15(13)19)17(23)22(21-11)12-6-3-2-4-7-12/h2-10,16H,1H3/t16-/m1/s1. The molecule has 0 saturated heterocycles. The van der Waals surface area contributed by atoms with Gasteiger partial charge >= 0.3 is 0 Å². The van der Waals surface area contributed by atoms with Gasteiger partial charge in [0.05, 0.1) is 21.4 Å². The van der Waals surface area contributed by atoms with E-state index in [-0.39, 0.29) is 5.91 Å². The van der Waals surface area contributed by atoms with E-state index < -0.39 is 6.04 Å². The predicted octanol–water partition coefficient (Wildman–Crippen LogP) is 4.20. The Bertz CT molecular complexity index is 782. The molecule has 0 unspecified atom stereocenters. The first-order valence-corrected chi connectivity index (χ1v) is 7.75. The number of hydrogen-bond acceptors (Lipinski definition) is 3. The van der Waals surface area contributed by atoms with Crippen molar-refractivity contribution in [2.45, 2.75) is 13.0 Å². The molecule has 1 aliphatic heterocycles. The van der Waals surface area contributed by atoms with Gasteiger partial charge in [-0.05, 0) is 31.2 Å². The number of nitrogens with zero attached hydrogens (tertiary/aromatic N) is 3. The maximum atomic E-state index is 12.5. The van der Waals surface area contributed by atoms with Gasteiger partial charge in [0.2, 0.25) is 0 Å². The molecule has 0 saturated carbocycles. The minimum Gasteiger partial charge on any atom is -0.273 e. The van der Waals surface area contributed by atoms with Crippen molar-refractivity contribution >= 4 is 46.7 Å². The highest BCUT2D eigenvalue weighted by atomic mass is 35.5. The summed E-state index contributed by atoms with van der Waals surface area (Å²) in [6.07, 6.45) is 1.53. The lowest BCUT2D eigenvalue weighted by Gasteiger charge is -2.12. The smallest absolute Gasteiger partial charge is 0.273 e. The molecule has 0 aromatic heterocycles. The van der Waals surface area contributed by atoms with Crippen LogP contribution in [0.3, 0.4) is 0 Å². The van der Waals surface area contributed by atoms with Crippen LogP contribution in [0.15, 0.2) is 58.6 Å². The fraction of sp³-hybridized carbons (Fsp3) is 0.118. The molecule has 0 radical (unpaired) electrons. The first-order valence-electron chi connectivity index (χ1n) is 6.99. The summed E-state index contributed by atoms with van der Waals surface area (Å²) in [6.45, 7) is 1.77. The van der Waals surface area contributed by atoms with Crippen molar-refractivity contribution in [3.8, 4) is 0 Å². The van der Waals surface area contributed by atoms with Crippen molar-refractivity contribution < 1.29 is 4.79 Å². The Hall–Kier alpha value is -2.17. The summed E-state index contributed by atoms with van der Waals surface area (Å²) in [5, 5.41) is 6.64. The minimum atomic E-state index is -0.664. The Morgan fingerprint density at radius 3 is 2.39 bits per heavy atom. The number of hydrazone groups is 1. The first-order chi connectivity index (χ1) is 11.1. The van der Waals surface area contributed by atoms with Crippen LogP contribution in [-0.2, 0) is 4.79 Å². The van der Waals surface area contributed by atoms with Crippen LogP contribution >= 0.6 is 23.2 Å². The van der Waals surface area contributed by atoms with Gasteiger partial charge in [0, 0.05) is 11.8 Å². The highest BCUT2D eigenvalue weighted by molar-refractivity contribution is 6.38. The largest absolute Gasteiger partial charge is 0.278 e. The average Bonchev–Trinajstić information content (AvgIpc) is 2.83. The minimum absolute atomic E-state index is 0.201. The van der Waals surface area contributed by atoms with E-state index in [1.807, 2.05) is 30.3 Å². The monoisotopic (exact) mass is 345 g/mol. The van der Waals surface area contributed by atoms with Crippen molar-refractivity contribution in [3.63, 3.8) is 0 Å². The number of para-hydroxylation sites is 1. The molecular weight excluding hydrogens is 333 g/mol. The number of amides is 1. The number of aliphatic imine (C=N–C) groups is 1. The van der Waals surface area contributed by atoms with E-state index in [4.69, 9.17) is 23.2 Å². The van der Waals surface area contributed by atoms with E-state index in [1.54, 1.807) is 25.1 Å². The molecule has 116 valence electrons. The molecule has 0 aliphatic carbocycles. The Balaban J connectivity index is 1.86. The zero-order valence-corrected chi connectivity index (χ0v) is 13.8. The second-order valence-corrected chi connectivity index (χ2v) is 5.86. The van der Waals surface area contributed by atoms with Crippen LogP contribution in [0, 0.1) is 0 Å². The van der Waals surface area contributed by atoms with E-state index >= 15 is 0 Å². The highest BCUT2D eigenvalue weighted by Crippen LogP contribution is 2.24. The molecule has 2 aromatic rings. The van der Waals surface area contributed by atoms with Gasteiger partial charge in [0.15, 0.2) is 6.04 Å². The summed E-state index contributed by atoms with van der Waals surface area (Å²) in [6, 6.07) is 13.8. The molecular formula is C17H13Cl2N3O. The summed E-state index contributed by atoms with van der Waals surface area (Å²) in [5.41, 5.74) is 1.93. The second kappa shape index (κ2) is 6.52. The van der Waals surface area contributed by atoms with Crippen molar-refractivity contribution in [1.29, 1.82) is 0 Å². The van der Waals surface area contributed by atoms with E-state index in [9.17, 15) is 4.79 Å². The summed E-state index contributed by atoms with van der Waals surface area (Å²) >= 11 is 12.2. The Morgan fingerprint density at radius 2 is 1.74 bits per heavy atom. The molecule has 1 amide bonds. The van der Waals surface area contributed by atoms with E-state index in [0.717, 1.165) is 0 Å². The fourth-order valence-electron chi connectivity index (χ4n) is 2.27. The first kappa shape index (κ1) is 15.7. The number of hydrogen-bond donors (Lipinski definition) is 0. The number of carbonyl (C=O) groups excluding carboxylic acids is 1. The highest BCUT2D eigenvalue weighted by Gasteiger charge is 2.33. The van der Waals surface area contributed by atoms with Gasteiger partial charge in [-0.25, -0.2) is 0 Å². The van der Waals surface area contributed by atoms with E-state index in [2.05, 4.69) is 10.1 Å². The Kier molecular flexibility index (Phi) is 4.46. The van der Waals surface area contributed by atoms with E-state index in [0.29, 0.717) is 27.0 Å². The lowest BCUT2D eigenvalue weighted by Crippen LogP contribution is -2.30. The van der Waals surface area contributed by atoms with Gasteiger partial charge in [-0.3, -0.25) is 9.79 Å².